The van der Waals surface area contributed by atoms with Crippen LogP contribution < -0.4 is 0 Å². The Balaban J connectivity index is 1.92. The van der Waals surface area contributed by atoms with Crippen LogP contribution in [0.4, 0.5) is 4.39 Å². The Hall–Kier alpha value is -0.360. The smallest absolute Gasteiger partial charge is 0.127 e. The number of halogens is 3. The minimum Gasteiger partial charge on any atom is -0.392 e. The molecule has 2 aromatic rings. The third-order valence-corrected chi connectivity index (χ3v) is 5.40. The molecule has 0 heterocycles. The van der Waals surface area contributed by atoms with Crippen molar-refractivity contribution in [2.75, 3.05) is 5.75 Å². The van der Waals surface area contributed by atoms with E-state index in [9.17, 15) is 9.50 Å². The fourth-order valence-electron chi connectivity index (χ4n) is 1.75. The molecule has 0 bridgehead atoms. The maximum absolute atomic E-state index is 13.7. The van der Waals surface area contributed by atoms with Crippen molar-refractivity contribution in [2.45, 2.75) is 17.4 Å². The summed E-state index contributed by atoms with van der Waals surface area (Å²) in [5.41, 5.74) is 0.536. The van der Waals surface area contributed by atoms with Crippen molar-refractivity contribution in [2.24, 2.45) is 0 Å². The molecular weight excluding hydrogens is 407 g/mol. The molecule has 0 aromatic heterocycles. The van der Waals surface area contributed by atoms with Crippen LogP contribution in [0.15, 0.2) is 56.3 Å². The van der Waals surface area contributed by atoms with Gasteiger partial charge in [-0.3, -0.25) is 0 Å². The second kappa shape index (κ2) is 7.59. The summed E-state index contributed by atoms with van der Waals surface area (Å²) in [5, 5.41) is 10.0. The zero-order valence-electron chi connectivity index (χ0n) is 10.5. The molecule has 0 fully saturated rings. The summed E-state index contributed by atoms with van der Waals surface area (Å²) in [4.78, 5) is 1.07. The lowest BCUT2D eigenvalue weighted by molar-refractivity contribution is 0.198. The van der Waals surface area contributed by atoms with Gasteiger partial charge in [0.15, 0.2) is 0 Å². The largest absolute Gasteiger partial charge is 0.392 e. The van der Waals surface area contributed by atoms with Gasteiger partial charge in [-0.25, -0.2) is 4.39 Å². The molecule has 1 N–H and O–H groups in total. The summed E-state index contributed by atoms with van der Waals surface area (Å²) >= 11 is 8.24. The predicted molar refractivity (Wildman–Crippen MR) is 88.7 cm³/mol. The van der Waals surface area contributed by atoms with E-state index in [2.05, 4.69) is 31.9 Å². The molecule has 1 atom stereocenters. The van der Waals surface area contributed by atoms with Crippen LogP contribution in [-0.2, 0) is 6.42 Å². The number of thioether (sulfide) groups is 1. The van der Waals surface area contributed by atoms with Crippen LogP contribution in [-0.4, -0.2) is 17.0 Å². The molecule has 2 aromatic carbocycles. The van der Waals surface area contributed by atoms with E-state index in [1.54, 1.807) is 23.9 Å². The number of rotatable bonds is 5. The second-order valence-electron chi connectivity index (χ2n) is 4.34. The van der Waals surface area contributed by atoms with Crippen LogP contribution in [0.3, 0.4) is 0 Å². The fraction of sp³-hybridized carbons (Fsp3) is 0.200. The van der Waals surface area contributed by atoms with Gasteiger partial charge in [0.2, 0.25) is 0 Å². The van der Waals surface area contributed by atoms with E-state index in [-0.39, 0.29) is 5.82 Å². The van der Waals surface area contributed by atoms with Crippen molar-refractivity contribution >= 4 is 43.6 Å². The monoisotopic (exact) mass is 418 g/mol. The lowest BCUT2D eigenvalue weighted by atomic mass is 10.1. The molecule has 0 spiro atoms. The highest BCUT2D eigenvalue weighted by atomic mass is 79.9. The number of aliphatic hydroxyl groups excluding tert-OH is 1. The Kier molecular flexibility index (Phi) is 6.08. The van der Waals surface area contributed by atoms with Crippen LogP contribution in [0.25, 0.3) is 0 Å². The van der Waals surface area contributed by atoms with E-state index < -0.39 is 6.10 Å². The van der Waals surface area contributed by atoms with E-state index in [0.29, 0.717) is 22.2 Å². The predicted octanol–water partition coefficient (Wildman–Crippen LogP) is 5.05. The Bertz CT molecular complexity index is 592. The number of aliphatic hydroxyl groups is 1. The van der Waals surface area contributed by atoms with Gasteiger partial charge in [0.25, 0.3) is 0 Å². The minimum absolute atomic E-state index is 0.288. The first kappa shape index (κ1) is 16.0. The van der Waals surface area contributed by atoms with Gasteiger partial charge in [0, 0.05) is 26.0 Å². The summed E-state index contributed by atoms with van der Waals surface area (Å²) < 4.78 is 15.4. The molecule has 2 rings (SSSR count). The molecule has 1 nitrogen and oxygen atoms in total. The molecule has 0 aliphatic rings. The van der Waals surface area contributed by atoms with Crippen molar-refractivity contribution in [1.29, 1.82) is 0 Å². The number of hydrogen-bond donors (Lipinski definition) is 1. The van der Waals surface area contributed by atoms with E-state index in [0.717, 1.165) is 9.37 Å². The van der Waals surface area contributed by atoms with E-state index in [4.69, 9.17) is 0 Å². The van der Waals surface area contributed by atoms with Crippen LogP contribution >= 0.6 is 43.6 Å². The van der Waals surface area contributed by atoms with Gasteiger partial charge in [0.1, 0.15) is 5.82 Å². The zero-order chi connectivity index (χ0) is 14.5. The quantitative estimate of drug-likeness (QED) is 0.684. The molecule has 0 amide bonds. The Labute approximate surface area is 138 Å². The molecule has 106 valence electrons. The first-order chi connectivity index (χ1) is 9.56. The topological polar surface area (TPSA) is 20.2 Å². The standard InChI is InChI=1S/C15H13Br2FOS/c16-11-6-5-10(14(18)8-11)7-12(19)9-20-15-4-2-1-3-13(15)17/h1-6,8,12,19H,7,9H2. The minimum atomic E-state index is -0.581. The molecule has 5 heteroatoms. The van der Waals surface area contributed by atoms with Gasteiger partial charge in [-0.1, -0.05) is 34.1 Å². The zero-order valence-corrected chi connectivity index (χ0v) is 14.5. The van der Waals surface area contributed by atoms with Crippen molar-refractivity contribution < 1.29 is 9.50 Å². The van der Waals surface area contributed by atoms with Gasteiger partial charge in [-0.2, -0.15) is 0 Å². The van der Waals surface area contributed by atoms with Gasteiger partial charge in [-0.05, 0) is 45.8 Å². The Morgan fingerprint density at radius 3 is 2.60 bits per heavy atom. The van der Waals surface area contributed by atoms with E-state index >= 15 is 0 Å². The summed E-state index contributed by atoms with van der Waals surface area (Å²) in [7, 11) is 0. The highest BCUT2D eigenvalue weighted by Gasteiger charge is 2.11. The maximum atomic E-state index is 13.7. The van der Waals surface area contributed by atoms with Crippen molar-refractivity contribution in [3.05, 3.63) is 62.8 Å². The molecule has 0 radical (unpaired) electrons. The van der Waals surface area contributed by atoms with Gasteiger partial charge in [-0.15, -0.1) is 11.8 Å². The number of hydrogen-bond acceptors (Lipinski definition) is 2. The molecule has 0 aliphatic carbocycles. The maximum Gasteiger partial charge on any atom is 0.127 e. The fourth-order valence-corrected chi connectivity index (χ4v) is 3.58. The van der Waals surface area contributed by atoms with Crippen LogP contribution in [0, 0.1) is 5.82 Å². The Morgan fingerprint density at radius 2 is 1.90 bits per heavy atom. The average molecular weight is 420 g/mol. The summed E-state index contributed by atoms with van der Waals surface area (Å²) in [6.45, 7) is 0. The van der Waals surface area contributed by atoms with Gasteiger partial charge >= 0.3 is 0 Å². The van der Waals surface area contributed by atoms with Crippen molar-refractivity contribution in [3.8, 4) is 0 Å². The molecule has 0 saturated carbocycles. The molecule has 0 aliphatic heterocycles. The van der Waals surface area contributed by atoms with Gasteiger partial charge < -0.3 is 5.11 Å². The lowest BCUT2D eigenvalue weighted by Crippen LogP contribution is -2.14. The normalized spacial score (nSPS) is 12.4. The van der Waals surface area contributed by atoms with E-state index in [1.165, 1.54) is 6.07 Å². The second-order valence-corrected chi connectivity index (χ2v) is 7.17. The third kappa shape index (κ3) is 4.58. The molecule has 0 saturated heterocycles. The lowest BCUT2D eigenvalue weighted by Gasteiger charge is -2.12. The van der Waals surface area contributed by atoms with Crippen LogP contribution in [0.2, 0.25) is 0 Å². The average Bonchev–Trinajstić information content (AvgIpc) is 2.41. The first-order valence-corrected chi connectivity index (χ1v) is 8.62. The van der Waals surface area contributed by atoms with Crippen molar-refractivity contribution in [3.63, 3.8) is 0 Å². The number of benzene rings is 2. The molecular formula is C15H13Br2FOS. The van der Waals surface area contributed by atoms with Crippen molar-refractivity contribution in [1.82, 2.24) is 0 Å². The highest BCUT2D eigenvalue weighted by molar-refractivity contribution is 9.10. The molecule has 1 unspecified atom stereocenters. The summed E-state index contributed by atoms with van der Waals surface area (Å²) in [6.07, 6.45) is -0.265. The highest BCUT2D eigenvalue weighted by Crippen LogP contribution is 2.28. The SMILES string of the molecule is OC(CSc1ccccc1Br)Cc1ccc(Br)cc1F. The van der Waals surface area contributed by atoms with Crippen LogP contribution in [0.5, 0.6) is 0 Å². The first-order valence-electron chi connectivity index (χ1n) is 6.05. The Morgan fingerprint density at radius 1 is 1.15 bits per heavy atom. The van der Waals surface area contributed by atoms with Crippen LogP contribution in [0.1, 0.15) is 5.56 Å². The van der Waals surface area contributed by atoms with Gasteiger partial charge in [0.05, 0.1) is 6.10 Å². The molecule has 20 heavy (non-hydrogen) atoms. The third-order valence-electron chi connectivity index (χ3n) is 2.74. The van der Waals surface area contributed by atoms with E-state index in [1.807, 2.05) is 24.3 Å². The summed E-state index contributed by atoms with van der Waals surface area (Å²) in [5.74, 6) is 0.238. The summed E-state index contributed by atoms with van der Waals surface area (Å²) in [6, 6.07) is 12.8.